The lowest BCUT2D eigenvalue weighted by Gasteiger charge is -2.32. The lowest BCUT2D eigenvalue weighted by molar-refractivity contribution is -0.129. The Morgan fingerprint density at radius 1 is 1.50 bits per heavy atom. The summed E-state index contributed by atoms with van der Waals surface area (Å²) in [5.74, 6) is 0.354. The second-order valence-electron chi connectivity index (χ2n) is 6.94. The first-order valence-electron chi connectivity index (χ1n) is 7.27. The third-order valence-electron chi connectivity index (χ3n) is 3.51. The van der Waals surface area contributed by atoms with Gasteiger partial charge in [-0.2, -0.15) is 0 Å². The molecular weight excluding hydrogens is 318 g/mol. The summed E-state index contributed by atoms with van der Waals surface area (Å²) in [7, 11) is 0. The molecule has 2 rings (SSSR count). The number of nitrogens with one attached hydrogen (secondary N) is 2. The van der Waals surface area contributed by atoms with Crippen LogP contribution >= 0.6 is 23.1 Å². The third-order valence-corrected chi connectivity index (χ3v) is 5.77. The molecule has 1 fully saturated rings. The van der Waals surface area contributed by atoms with Crippen LogP contribution in [0.25, 0.3) is 0 Å². The Morgan fingerprint density at radius 2 is 2.18 bits per heavy atom. The van der Waals surface area contributed by atoms with E-state index < -0.39 is 10.8 Å². The monoisotopic (exact) mass is 341 g/mol. The van der Waals surface area contributed by atoms with Crippen molar-refractivity contribution in [3.63, 3.8) is 0 Å². The van der Waals surface area contributed by atoms with Gasteiger partial charge in [-0.25, -0.2) is 4.98 Å². The second-order valence-corrected chi connectivity index (χ2v) is 9.53. The lowest BCUT2D eigenvalue weighted by atomic mass is 9.93. The molecule has 7 heteroatoms. The molecule has 2 heterocycles. The number of nitrogens with zero attached hydrogens (tertiary/aromatic N) is 1. The third kappa shape index (κ3) is 4.01. The van der Waals surface area contributed by atoms with Crippen molar-refractivity contribution in [1.82, 2.24) is 15.6 Å². The van der Waals surface area contributed by atoms with Crippen molar-refractivity contribution in [3.8, 4) is 0 Å². The zero-order valence-electron chi connectivity index (χ0n) is 13.6. The summed E-state index contributed by atoms with van der Waals surface area (Å²) in [5.41, 5.74) is 1.04. The highest BCUT2D eigenvalue weighted by atomic mass is 32.2. The Balaban J connectivity index is 1.88. The first kappa shape index (κ1) is 17.3. The van der Waals surface area contributed by atoms with E-state index in [9.17, 15) is 9.59 Å². The highest BCUT2D eigenvalue weighted by Gasteiger charge is 2.37. The Bertz CT molecular complexity index is 576. The zero-order valence-corrected chi connectivity index (χ0v) is 15.3. The minimum absolute atomic E-state index is 0.0122. The lowest BCUT2D eigenvalue weighted by Crippen LogP contribution is -2.57. The van der Waals surface area contributed by atoms with E-state index in [-0.39, 0.29) is 17.2 Å². The summed E-state index contributed by atoms with van der Waals surface area (Å²) in [6.45, 7) is 10.5. The van der Waals surface area contributed by atoms with E-state index in [0.717, 1.165) is 10.7 Å². The number of amides is 2. The van der Waals surface area contributed by atoms with Crippen molar-refractivity contribution >= 4 is 34.9 Å². The van der Waals surface area contributed by atoms with Gasteiger partial charge >= 0.3 is 0 Å². The molecule has 1 aliphatic heterocycles. The molecule has 2 N–H and O–H groups in total. The van der Waals surface area contributed by atoms with Gasteiger partial charge in [0.25, 0.3) is 0 Å². The summed E-state index contributed by atoms with van der Waals surface area (Å²) in [5, 5.41) is 8.56. The molecule has 22 heavy (non-hydrogen) atoms. The van der Waals surface area contributed by atoms with E-state index in [1.807, 2.05) is 19.2 Å². The number of thiazole rings is 1. The molecule has 1 aromatic heterocycles. The first-order valence-corrected chi connectivity index (χ1v) is 9.13. The fourth-order valence-corrected chi connectivity index (χ4v) is 3.86. The van der Waals surface area contributed by atoms with Gasteiger partial charge in [-0.05, 0) is 13.8 Å². The maximum absolute atomic E-state index is 12.2. The Hall–Kier alpha value is -1.08. The summed E-state index contributed by atoms with van der Waals surface area (Å²) >= 11 is 3.06. The van der Waals surface area contributed by atoms with Crippen LogP contribution in [0.3, 0.4) is 0 Å². The molecule has 0 aromatic carbocycles. The van der Waals surface area contributed by atoms with E-state index in [2.05, 4.69) is 36.4 Å². The van der Waals surface area contributed by atoms with Gasteiger partial charge in [0, 0.05) is 16.5 Å². The van der Waals surface area contributed by atoms with Gasteiger partial charge in [-0.1, -0.05) is 20.8 Å². The predicted octanol–water partition coefficient (Wildman–Crippen LogP) is 2.07. The number of carbonyl (C=O) groups excluding carboxylic acids is 2. The van der Waals surface area contributed by atoms with Crippen LogP contribution in [0.5, 0.6) is 0 Å². The predicted molar refractivity (Wildman–Crippen MR) is 91.1 cm³/mol. The molecule has 0 spiro atoms. The average molecular weight is 342 g/mol. The molecule has 1 aromatic rings. The van der Waals surface area contributed by atoms with Gasteiger partial charge in [0.2, 0.25) is 11.8 Å². The fraction of sp³-hybridized carbons (Fsp3) is 0.667. The van der Waals surface area contributed by atoms with E-state index in [1.54, 1.807) is 11.3 Å². The molecule has 1 aliphatic rings. The maximum atomic E-state index is 12.2. The Labute approximate surface area is 139 Å². The van der Waals surface area contributed by atoms with E-state index in [4.69, 9.17) is 0 Å². The first-order chi connectivity index (χ1) is 10.1. The van der Waals surface area contributed by atoms with Crippen molar-refractivity contribution in [2.75, 3.05) is 5.75 Å². The normalized spacial score (nSPS) is 21.3. The van der Waals surface area contributed by atoms with Crippen LogP contribution in [-0.4, -0.2) is 33.3 Å². The Morgan fingerprint density at radius 3 is 2.73 bits per heavy atom. The van der Waals surface area contributed by atoms with E-state index in [1.165, 1.54) is 11.8 Å². The van der Waals surface area contributed by atoms with Crippen LogP contribution in [-0.2, 0) is 21.5 Å². The molecule has 0 unspecified atom stereocenters. The largest absolute Gasteiger partial charge is 0.348 e. The van der Waals surface area contributed by atoms with Crippen LogP contribution in [0.2, 0.25) is 0 Å². The van der Waals surface area contributed by atoms with E-state index in [0.29, 0.717) is 12.3 Å². The molecule has 1 atom stereocenters. The van der Waals surface area contributed by atoms with Crippen molar-refractivity contribution in [3.05, 3.63) is 16.1 Å². The maximum Gasteiger partial charge on any atom is 0.243 e. The smallest absolute Gasteiger partial charge is 0.243 e. The average Bonchev–Trinajstić information content (AvgIpc) is 2.88. The van der Waals surface area contributed by atoms with Crippen LogP contribution in [0.15, 0.2) is 5.38 Å². The highest BCUT2D eigenvalue weighted by Crippen LogP contribution is 2.29. The number of carbonyl (C=O) groups is 2. The topological polar surface area (TPSA) is 71.1 Å². The molecule has 0 aliphatic carbocycles. The SMILES string of the molecule is CC1(C)SC[C@@H](C(=O)NCc2nc(C(C)(C)C)cs2)NC1=O. The van der Waals surface area contributed by atoms with Crippen LogP contribution in [0.1, 0.15) is 45.3 Å². The van der Waals surface area contributed by atoms with Crippen molar-refractivity contribution in [1.29, 1.82) is 0 Å². The van der Waals surface area contributed by atoms with Gasteiger partial charge in [0.15, 0.2) is 0 Å². The molecular formula is C15H23N3O2S2. The molecule has 122 valence electrons. The molecule has 0 saturated carbocycles. The van der Waals surface area contributed by atoms with Crippen molar-refractivity contribution in [2.45, 2.75) is 57.4 Å². The quantitative estimate of drug-likeness (QED) is 0.883. The Kier molecular flexibility index (Phi) is 4.87. The number of hydrogen-bond acceptors (Lipinski definition) is 5. The zero-order chi connectivity index (χ0) is 16.5. The van der Waals surface area contributed by atoms with Gasteiger partial charge in [0.1, 0.15) is 11.0 Å². The van der Waals surface area contributed by atoms with Crippen LogP contribution < -0.4 is 10.6 Å². The standard InChI is InChI=1S/C15H23N3O2S2/c1-14(2,3)10-8-21-11(18-10)6-16-12(19)9-7-22-15(4,5)13(20)17-9/h8-9H,6-7H2,1-5H3,(H,16,19)(H,17,20)/t9-/m0/s1. The molecule has 2 amide bonds. The number of rotatable bonds is 3. The van der Waals surface area contributed by atoms with E-state index >= 15 is 0 Å². The number of aromatic nitrogens is 1. The number of thioether (sulfide) groups is 1. The molecule has 5 nitrogen and oxygen atoms in total. The number of hydrogen-bond donors (Lipinski definition) is 2. The summed E-state index contributed by atoms with van der Waals surface area (Å²) < 4.78 is -0.465. The minimum Gasteiger partial charge on any atom is -0.348 e. The summed E-state index contributed by atoms with van der Waals surface area (Å²) in [6.07, 6.45) is 0. The van der Waals surface area contributed by atoms with Crippen molar-refractivity contribution in [2.24, 2.45) is 0 Å². The fourth-order valence-electron chi connectivity index (χ4n) is 1.89. The van der Waals surface area contributed by atoms with Gasteiger partial charge in [-0.15, -0.1) is 23.1 Å². The molecule has 1 saturated heterocycles. The summed E-state index contributed by atoms with van der Waals surface area (Å²) in [4.78, 5) is 28.6. The summed E-state index contributed by atoms with van der Waals surface area (Å²) in [6, 6.07) is -0.465. The second kappa shape index (κ2) is 6.20. The minimum atomic E-state index is -0.465. The van der Waals surface area contributed by atoms with Gasteiger partial charge < -0.3 is 10.6 Å². The van der Waals surface area contributed by atoms with Gasteiger partial charge in [-0.3, -0.25) is 9.59 Å². The molecule has 0 bridgehead atoms. The van der Waals surface area contributed by atoms with Crippen molar-refractivity contribution < 1.29 is 9.59 Å². The molecule has 0 radical (unpaired) electrons. The van der Waals surface area contributed by atoms with Crippen LogP contribution in [0.4, 0.5) is 0 Å². The highest BCUT2D eigenvalue weighted by molar-refractivity contribution is 8.01. The van der Waals surface area contributed by atoms with Crippen LogP contribution in [0, 0.1) is 0 Å². The van der Waals surface area contributed by atoms with Gasteiger partial charge in [0.05, 0.1) is 17.0 Å².